The molecule has 0 aliphatic carbocycles. The molecular formula is C10H16N2O2S. The molecule has 0 aliphatic rings. The van der Waals surface area contributed by atoms with E-state index in [1.54, 1.807) is 0 Å². The van der Waals surface area contributed by atoms with Gasteiger partial charge in [-0.15, -0.1) is 0 Å². The summed E-state index contributed by atoms with van der Waals surface area (Å²) in [5.41, 5.74) is 1.23. The molecule has 1 aromatic carbocycles. The molecule has 0 radical (unpaired) electrons. The minimum absolute atomic E-state index is 0.0936. The van der Waals surface area contributed by atoms with Crippen LogP contribution in [0.2, 0.25) is 0 Å². The summed E-state index contributed by atoms with van der Waals surface area (Å²) in [6.45, 7) is 0. The second-order valence-corrected chi connectivity index (χ2v) is 5.25. The van der Waals surface area contributed by atoms with E-state index in [9.17, 15) is 8.42 Å². The minimum atomic E-state index is -3.25. The standard InChI is InChI=1S/C10H16N2O2S/c11-12-15(13,14)9-5-4-8-10-6-2-1-3-7-10/h1-3,6-7,12H,4-5,8-9,11H2. The van der Waals surface area contributed by atoms with Gasteiger partial charge in [-0.05, 0) is 24.8 Å². The van der Waals surface area contributed by atoms with Crippen molar-refractivity contribution in [2.24, 2.45) is 5.84 Å². The predicted molar refractivity (Wildman–Crippen MR) is 60.5 cm³/mol. The Balaban J connectivity index is 2.24. The van der Waals surface area contributed by atoms with Crippen LogP contribution in [-0.2, 0) is 16.4 Å². The molecule has 3 N–H and O–H groups in total. The Kier molecular flexibility index (Phi) is 4.74. The van der Waals surface area contributed by atoms with Crippen molar-refractivity contribution in [3.05, 3.63) is 35.9 Å². The Bertz CT molecular complexity index is 376. The van der Waals surface area contributed by atoms with Crippen molar-refractivity contribution in [2.75, 3.05) is 5.75 Å². The minimum Gasteiger partial charge on any atom is -0.258 e. The number of nitrogens with two attached hydrogens (primary N) is 1. The average Bonchev–Trinajstić information content (AvgIpc) is 2.26. The molecule has 0 heterocycles. The maximum atomic E-state index is 11.0. The summed E-state index contributed by atoms with van der Waals surface area (Å²) in [6, 6.07) is 10.00. The molecular weight excluding hydrogens is 212 g/mol. The van der Waals surface area contributed by atoms with Crippen LogP contribution in [0.25, 0.3) is 0 Å². The summed E-state index contributed by atoms with van der Waals surface area (Å²) in [5.74, 6) is 4.96. The van der Waals surface area contributed by atoms with E-state index < -0.39 is 10.0 Å². The fourth-order valence-corrected chi connectivity index (χ4v) is 2.03. The molecule has 0 amide bonds. The second kappa shape index (κ2) is 5.85. The quantitative estimate of drug-likeness (QED) is 0.430. The van der Waals surface area contributed by atoms with Gasteiger partial charge in [0, 0.05) is 0 Å². The number of sulfonamides is 1. The Morgan fingerprint density at radius 2 is 1.80 bits per heavy atom. The first-order chi connectivity index (χ1) is 7.14. The number of benzene rings is 1. The predicted octanol–water partition coefficient (Wildman–Crippen LogP) is 0.802. The molecule has 0 spiro atoms. The molecule has 1 aromatic rings. The van der Waals surface area contributed by atoms with Crippen molar-refractivity contribution in [1.82, 2.24) is 4.83 Å². The molecule has 0 fully saturated rings. The van der Waals surface area contributed by atoms with E-state index in [0.29, 0.717) is 6.42 Å². The van der Waals surface area contributed by atoms with Gasteiger partial charge in [0.05, 0.1) is 5.75 Å². The number of hydrogen-bond acceptors (Lipinski definition) is 3. The van der Waals surface area contributed by atoms with Crippen molar-refractivity contribution in [1.29, 1.82) is 0 Å². The van der Waals surface area contributed by atoms with Crippen molar-refractivity contribution in [2.45, 2.75) is 19.3 Å². The van der Waals surface area contributed by atoms with Crippen LogP contribution in [0, 0.1) is 0 Å². The largest absolute Gasteiger partial charge is 0.258 e. The van der Waals surface area contributed by atoms with Gasteiger partial charge in [0.25, 0.3) is 0 Å². The van der Waals surface area contributed by atoms with Gasteiger partial charge in [-0.3, -0.25) is 5.84 Å². The highest BCUT2D eigenvalue weighted by atomic mass is 32.2. The first kappa shape index (κ1) is 12.2. The molecule has 15 heavy (non-hydrogen) atoms. The van der Waals surface area contributed by atoms with Crippen molar-refractivity contribution >= 4 is 10.0 Å². The number of hydrogen-bond donors (Lipinski definition) is 2. The molecule has 0 bridgehead atoms. The fraction of sp³-hybridized carbons (Fsp3) is 0.400. The lowest BCUT2D eigenvalue weighted by molar-refractivity contribution is 0.579. The fourth-order valence-electron chi connectivity index (χ4n) is 1.32. The van der Waals surface area contributed by atoms with Crippen LogP contribution in [0.4, 0.5) is 0 Å². The third kappa shape index (κ3) is 4.92. The van der Waals surface area contributed by atoms with Gasteiger partial charge < -0.3 is 0 Å². The molecule has 84 valence electrons. The third-order valence-corrected chi connectivity index (χ3v) is 3.34. The zero-order chi connectivity index (χ0) is 11.1. The molecule has 0 saturated heterocycles. The van der Waals surface area contributed by atoms with E-state index in [1.807, 2.05) is 35.2 Å². The first-order valence-corrected chi connectivity index (χ1v) is 6.53. The highest BCUT2D eigenvalue weighted by Crippen LogP contribution is 2.05. The maximum absolute atomic E-state index is 11.0. The molecule has 1 rings (SSSR count). The normalized spacial score (nSPS) is 11.5. The third-order valence-electron chi connectivity index (χ3n) is 2.15. The van der Waals surface area contributed by atoms with E-state index in [0.717, 1.165) is 12.8 Å². The summed E-state index contributed by atoms with van der Waals surface area (Å²) < 4.78 is 21.9. The summed E-state index contributed by atoms with van der Waals surface area (Å²) in [5, 5.41) is 0. The first-order valence-electron chi connectivity index (χ1n) is 4.88. The van der Waals surface area contributed by atoms with Crippen LogP contribution in [0.5, 0.6) is 0 Å². The van der Waals surface area contributed by atoms with Crippen LogP contribution in [0.15, 0.2) is 30.3 Å². The molecule has 0 aliphatic heterocycles. The zero-order valence-corrected chi connectivity index (χ0v) is 9.33. The van der Waals surface area contributed by atoms with Gasteiger partial charge in [-0.1, -0.05) is 30.3 Å². The van der Waals surface area contributed by atoms with Gasteiger partial charge in [-0.2, -0.15) is 4.83 Å². The molecule has 0 saturated carbocycles. The van der Waals surface area contributed by atoms with E-state index in [2.05, 4.69) is 0 Å². The molecule has 0 atom stereocenters. The lowest BCUT2D eigenvalue weighted by atomic mass is 10.1. The number of unbranched alkanes of at least 4 members (excludes halogenated alkanes) is 1. The van der Waals surface area contributed by atoms with Crippen molar-refractivity contribution in [3.8, 4) is 0 Å². The van der Waals surface area contributed by atoms with E-state index >= 15 is 0 Å². The molecule has 5 heteroatoms. The Hall–Kier alpha value is -0.910. The van der Waals surface area contributed by atoms with Crippen LogP contribution < -0.4 is 10.7 Å². The Morgan fingerprint density at radius 1 is 1.13 bits per heavy atom. The van der Waals surface area contributed by atoms with Gasteiger partial charge in [0.15, 0.2) is 0 Å². The van der Waals surface area contributed by atoms with Gasteiger partial charge in [-0.25, -0.2) is 8.42 Å². The van der Waals surface area contributed by atoms with Crippen molar-refractivity contribution in [3.63, 3.8) is 0 Å². The van der Waals surface area contributed by atoms with E-state index in [1.165, 1.54) is 5.56 Å². The van der Waals surface area contributed by atoms with Crippen molar-refractivity contribution < 1.29 is 8.42 Å². The zero-order valence-electron chi connectivity index (χ0n) is 8.52. The number of rotatable bonds is 6. The number of hydrazine groups is 1. The lowest BCUT2D eigenvalue weighted by Gasteiger charge is -2.02. The lowest BCUT2D eigenvalue weighted by Crippen LogP contribution is -2.32. The topological polar surface area (TPSA) is 72.2 Å². The summed E-state index contributed by atoms with van der Waals surface area (Å²) in [7, 11) is -3.25. The molecule has 0 unspecified atom stereocenters. The monoisotopic (exact) mass is 228 g/mol. The van der Waals surface area contributed by atoms with Gasteiger partial charge in [0.1, 0.15) is 0 Å². The van der Waals surface area contributed by atoms with Gasteiger partial charge >= 0.3 is 0 Å². The number of nitrogens with one attached hydrogen (secondary N) is 1. The highest BCUT2D eigenvalue weighted by Gasteiger charge is 2.05. The average molecular weight is 228 g/mol. The van der Waals surface area contributed by atoms with Crippen LogP contribution in [0.1, 0.15) is 18.4 Å². The second-order valence-electron chi connectivity index (χ2n) is 3.38. The maximum Gasteiger partial charge on any atom is 0.224 e. The van der Waals surface area contributed by atoms with Gasteiger partial charge in [0.2, 0.25) is 10.0 Å². The smallest absolute Gasteiger partial charge is 0.224 e. The summed E-state index contributed by atoms with van der Waals surface area (Å²) in [6.07, 6.45) is 2.38. The Labute approximate surface area is 90.5 Å². The molecule has 0 aromatic heterocycles. The van der Waals surface area contributed by atoms with Crippen LogP contribution in [-0.4, -0.2) is 14.2 Å². The highest BCUT2D eigenvalue weighted by molar-refractivity contribution is 7.89. The summed E-state index contributed by atoms with van der Waals surface area (Å²) in [4.78, 5) is 1.81. The van der Waals surface area contributed by atoms with E-state index in [-0.39, 0.29) is 5.75 Å². The van der Waals surface area contributed by atoms with Crippen LogP contribution in [0.3, 0.4) is 0 Å². The van der Waals surface area contributed by atoms with E-state index in [4.69, 9.17) is 5.84 Å². The summed E-state index contributed by atoms with van der Waals surface area (Å²) >= 11 is 0. The SMILES string of the molecule is NNS(=O)(=O)CCCCc1ccccc1. The Morgan fingerprint density at radius 3 is 2.40 bits per heavy atom. The molecule has 4 nitrogen and oxygen atoms in total. The number of aryl methyl sites for hydroxylation is 1. The van der Waals surface area contributed by atoms with Crippen LogP contribution >= 0.6 is 0 Å².